The first-order valence-corrected chi connectivity index (χ1v) is 17.9. The molecular formula is C43H48N4O7. The summed E-state index contributed by atoms with van der Waals surface area (Å²) in [4.78, 5) is 27.9. The van der Waals surface area contributed by atoms with Crippen molar-refractivity contribution in [3.05, 3.63) is 108 Å². The molecule has 1 amide bonds. The van der Waals surface area contributed by atoms with Gasteiger partial charge in [-0.1, -0.05) is 17.7 Å². The second kappa shape index (κ2) is 17.3. The van der Waals surface area contributed by atoms with Crippen molar-refractivity contribution in [2.75, 3.05) is 55.7 Å². The average Bonchev–Trinajstić information content (AvgIpc) is 3.22. The molecule has 0 unspecified atom stereocenters. The van der Waals surface area contributed by atoms with Crippen LogP contribution in [0.5, 0.6) is 34.5 Å². The Morgan fingerprint density at radius 1 is 0.685 bits per heavy atom. The minimum absolute atomic E-state index is 0.00997. The molecule has 0 aliphatic carbocycles. The fraction of sp³-hybridized carbons (Fsp3) is 0.326. The van der Waals surface area contributed by atoms with Gasteiger partial charge < -0.3 is 33.3 Å². The summed E-state index contributed by atoms with van der Waals surface area (Å²) in [6.45, 7) is 4.89. The Hall–Kier alpha value is -5.81. The molecule has 1 aliphatic heterocycles. The predicted molar refractivity (Wildman–Crippen MR) is 208 cm³/mol. The predicted octanol–water partition coefficient (Wildman–Crippen LogP) is 7.48. The van der Waals surface area contributed by atoms with Crippen LogP contribution in [0.15, 0.2) is 85.3 Å². The molecule has 0 saturated carbocycles. The quantitative estimate of drug-likeness (QED) is 0.114. The first-order chi connectivity index (χ1) is 26.3. The highest BCUT2D eigenvalue weighted by molar-refractivity contribution is 5.94. The van der Waals surface area contributed by atoms with Crippen LogP contribution in [0.2, 0.25) is 0 Å². The molecule has 0 radical (unpaired) electrons. The van der Waals surface area contributed by atoms with Gasteiger partial charge in [0.25, 0.3) is 5.91 Å². The molecule has 0 spiro atoms. The Kier molecular flexibility index (Phi) is 12.2. The standard InChI is InChI=1S/C43H48N4O7/c1-28-8-10-31(11-9-28)43(48)47(27-30-18-34(25-44-24-30)32-20-37(49-2)41(53-6)38(21-32)50-3)35-13-16-46(17-14-35)26-29-12-15-45-36(19-29)33-22-39(51-4)42(54-7)40(23-33)52-5/h8-12,15,18-25,35H,13-14,16-17,26-27H2,1-7H3. The van der Waals surface area contributed by atoms with Crippen LogP contribution in [0.25, 0.3) is 22.4 Å². The molecule has 282 valence electrons. The maximum Gasteiger partial charge on any atom is 0.254 e. The summed E-state index contributed by atoms with van der Waals surface area (Å²) in [5.74, 6) is 3.35. The van der Waals surface area contributed by atoms with Crippen molar-refractivity contribution < 1.29 is 33.2 Å². The number of hydrogen-bond acceptors (Lipinski definition) is 10. The number of hydrogen-bond donors (Lipinski definition) is 0. The first kappa shape index (κ1) is 37.9. The van der Waals surface area contributed by atoms with E-state index in [-0.39, 0.29) is 11.9 Å². The molecule has 6 rings (SSSR count). The number of ether oxygens (including phenoxy) is 6. The Morgan fingerprint density at radius 2 is 1.26 bits per heavy atom. The van der Waals surface area contributed by atoms with Gasteiger partial charge >= 0.3 is 0 Å². The van der Waals surface area contributed by atoms with Crippen molar-refractivity contribution in [3.63, 3.8) is 0 Å². The minimum Gasteiger partial charge on any atom is -0.493 e. The zero-order valence-corrected chi connectivity index (χ0v) is 32.0. The van der Waals surface area contributed by atoms with E-state index in [0.29, 0.717) is 46.6 Å². The summed E-state index contributed by atoms with van der Waals surface area (Å²) in [7, 11) is 9.59. The average molecular weight is 733 g/mol. The Morgan fingerprint density at radius 3 is 1.81 bits per heavy atom. The first-order valence-electron chi connectivity index (χ1n) is 17.9. The molecule has 1 saturated heterocycles. The number of aromatic nitrogens is 2. The van der Waals surface area contributed by atoms with Gasteiger partial charge in [0, 0.05) is 67.5 Å². The van der Waals surface area contributed by atoms with E-state index < -0.39 is 0 Å². The van der Waals surface area contributed by atoms with Crippen LogP contribution in [0, 0.1) is 6.92 Å². The SMILES string of the molecule is COc1cc(-c2cncc(CN(C(=O)c3ccc(C)cc3)C3CCN(Cc4ccnc(-c5cc(OC)c(OC)c(OC)c5)c4)CC3)c2)cc(OC)c1OC. The molecule has 3 aromatic carbocycles. The van der Waals surface area contributed by atoms with Crippen LogP contribution in [-0.2, 0) is 13.1 Å². The monoisotopic (exact) mass is 732 g/mol. The largest absolute Gasteiger partial charge is 0.493 e. The Bertz CT molecular complexity index is 2010. The van der Waals surface area contributed by atoms with E-state index >= 15 is 0 Å². The number of aryl methyl sites for hydroxylation is 1. The van der Waals surface area contributed by atoms with E-state index in [1.165, 1.54) is 0 Å². The summed E-state index contributed by atoms with van der Waals surface area (Å²) < 4.78 is 33.4. The molecule has 1 aliphatic rings. The third-order valence-electron chi connectivity index (χ3n) is 9.89. The van der Waals surface area contributed by atoms with Crippen LogP contribution in [-0.4, -0.2) is 87.5 Å². The molecule has 0 atom stereocenters. The topological polar surface area (TPSA) is 105 Å². The molecule has 0 N–H and O–H groups in total. The lowest BCUT2D eigenvalue weighted by Crippen LogP contribution is -2.46. The zero-order chi connectivity index (χ0) is 38.2. The Balaban J connectivity index is 1.20. The summed E-state index contributed by atoms with van der Waals surface area (Å²) in [6, 6.07) is 21.7. The number of likely N-dealkylation sites (tertiary alicyclic amines) is 1. The molecular weight excluding hydrogens is 684 g/mol. The highest BCUT2D eigenvalue weighted by atomic mass is 16.5. The maximum atomic E-state index is 14.2. The number of amides is 1. The van der Waals surface area contributed by atoms with E-state index in [2.05, 4.69) is 33.1 Å². The van der Waals surface area contributed by atoms with Gasteiger partial charge in [0.2, 0.25) is 11.5 Å². The lowest BCUT2D eigenvalue weighted by atomic mass is 9.99. The fourth-order valence-electron chi connectivity index (χ4n) is 7.01. The zero-order valence-electron chi connectivity index (χ0n) is 32.0. The molecule has 11 nitrogen and oxygen atoms in total. The number of methoxy groups -OCH3 is 6. The lowest BCUT2D eigenvalue weighted by Gasteiger charge is -2.39. The number of nitrogens with zero attached hydrogens (tertiary/aromatic N) is 4. The number of pyridine rings is 2. The molecule has 11 heteroatoms. The highest BCUT2D eigenvalue weighted by Gasteiger charge is 2.29. The van der Waals surface area contributed by atoms with Gasteiger partial charge in [0.15, 0.2) is 23.0 Å². The second-order valence-corrected chi connectivity index (χ2v) is 13.3. The second-order valence-electron chi connectivity index (χ2n) is 13.3. The van der Waals surface area contributed by atoms with E-state index in [4.69, 9.17) is 28.4 Å². The van der Waals surface area contributed by atoms with Gasteiger partial charge in [-0.3, -0.25) is 19.7 Å². The van der Waals surface area contributed by atoms with E-state index in [1.54, 1.807) is 48.9 Å². The van der Waals surface area contributed by atoms with Gasteiger partial charge in [0.05, 0.1) is 48.4 Å². The smallest absolute Gasteiger partial charge is 0.254 e. The molecule has 3 heterocycles. The fourth-order valence-corrected chi connectivity index (χ4v) is 7.01. The van der Waals surface area contributed by atoms with Crippen LogP contribution < -0.4 is 28.4 Å². The number of carbonyl (C=O) groups excluding carboxylic acids is 1. The van der Waals surface area contributed by atoms with E-state index in [0.717, 1.165) is 71.6 Å². The van der Waals surface area contributed by atoms with Crippen molar-refractivity contribution in [2.45, 2.75) is 38.9 Å². The minimum atomic E-state index is 0.00997. The molecule has 54 heavy (non-hydrogen) atoms. The number of piperidine rings is 1. The lowest BCUT2D eigenvalue weighted by molar-refractivity contribution is 0.0542. The maximum absolute atomic E-state index is 14.2. The molecule has 2 aromatic heterocycles. The number of rotatable bonds is 14. The van der Waals surface area contributed by atoms with Crippen molar-refractivity contribution in [2.24, 2.45) is 0 Å². The van der Waals surface area contributed by atoms with Crippen LogP contribution >= 0.6 is 0 Å². The summed E-state index contributed by atoms with van der Waals surface area (Å²) >= 11 is 0. The van der Waals surface area contributed by atoms with E-state index in [1.807, 2.05) is 72.7 Å². The van der Waals surface area contributed by atoms with Gasteiger partial charge in [-0.2, -0.15) is 0 Å². The van der Waals surface area contributed by atoms with Crippen molar-refractivity contribution in [1.82, 2.24) is 19.8 Å². The van der Waals surface area contributed by atoms with Gasteiger partial charge in [0.1, 0.15) is 0 Å². The van der Waals surface area contributed by atoms with Crippen LogP contribution in [0.4, 0.5) is 0 Å². The molecule has 1 fully saturated rings. The van der Waals surface area contributed by atoms with Gasteiger partial charge in [-0.15, -0.1) is 0 Å². The van der Waals surface area contributed by atoms with Gasteiger partial charge in [-0.05, 0) is 91.1 Å². The normalized spacial score (nSPS) is 13.2. The van der Waals surface area contributed by atoms with E-state index in [9.17, 15) is 4.79 Å². The Labute approximate surface area is 317 Å². The molecule has 5 aromatic rings. The summed E-state index contributed by atoms with van der Waals surface area (Å²) in [6.07, 6.45) is 7.15. The van der Waals surface area contributed by atoms with Crippen molar-refractivity contribution >= 4 is 5.91 Å². The number of carbonyl (C=O) groups is 1. The van der Waals surface area contributed by atoms with Crippen molar-refractivity contribution in [3.8, 4) is 56.9 Å². The number of benzene rings is 3. The third-order valence-corrected chi connectivity index (χ3v) is 9.89. The highest BCUT2D eigenvalue weighted by Crippen LogP contribution is 2.42. The van der Waals surface area contributed by atoms with Crippen LogP contribution in [0.3, 0.4) is 0 Å². The summed E-state index contributed by atoms with van der Waals surface area (Å²) in [5.41, 5.74) is 7.31. The van der Waals surface area contributed by atoms with Crippen molar-refractivity contribution in [1.29, 1.82) is 0 Å². The van der Waals surface area contributed by atoms with Crippen LogP contribution in [0.1, 0.15) is 39.9 Å². The molecule has 0 bridgehead atoms. The van der Waals surface area contributed by atoms with Gasteiger partial charge in [-0.25, -0.2) is 0 Å². The summed E-state index contributed by atoms with van der Waals surface area (Å²) in [5, 5.41) is 0. The third kappa shape index (κ3) is 8.36.